The molecule has 1 unspecified atom stereocenters. The highest BCUT2D eigenvalue weighted by Crippen LogP contribution is 2.19. The maximum Gasteiger partial charge on any atom is 0.251 e. The summed E-state index contributed by atoms with van der Waals surface area (Å²) in [4.78, 5) is 12.2. The van der Waals surface area contributed by atoms with Crippen LogP contribution in [-0.4, -0.2) is 5.91 Å². The molecule has 1 N–H and O–H groups in total. The van der Waals surface area contributed by atoms with E-state index in [0.717, 1.165) is 15.6 Å². The number of carbonyl (C=O) groups is 1. The molecule has 3 heteroatoms. The monoisotopic (exact) mass is 331 g/mol. The topological polar surface area (TPSA) is 29.1 Å². The summed E-state index contributed by atoms with van der Waals surface area (Å²) >= 11 is 3.45. The maximum atomic E-state index is 12.2. The Morgan fingerprint density at radius 3 is 2.35 bits per heavy atom. The Kier molecular flexibility index (Phi) is 4.61. The lowest BCUT2D eigenvalue weighted by atomic mass is 10.1. The van der Waals surface area contributed by atoms with Crippen molar-refractivity contribution in [2.75, 3.05) is 0 Å². The van der Waals surface area contributed by atoms with Crippen LogP contribution in [0.4, 0.5) is 0 Å². The van der Waals surface area contributed by atoms with E-state index in [-0.39, 0.29) is 11.9 Å². The molecule has 20 heavy (non-hydrogen) atoms. The van der Waals surface area contributed by atoms with E-state index in [1.165, 1.54) is 5.56 Å². The van der Waals surface area contributed by atoms with Crippen molar-refractivity contribution < 1.29 is 4.79 Å². The van der Waals surface area contributed by atoms with Crippen LogP contribution >= 0.6 is 15.9 Å². The van der Waals surface area contributed by atoms with Gasteiger partial charge < -0.3 is 5.32 Å². The molecule has 0 radical (unpaired) electrons. The summed E-state index contributed by atoms with van der Waals surface area (Å²) < 4.78 is 0.952. The summed E-state index contributed by atoms with van der Waals surface area (Å²) in [6.45, 7) is 6.04. The third kappa shape index (κ3) is 3.48. The minimum absolute atomic E-state index is 0.0109. The molecule has 2 aromatic rings. The standard InChI is InChI=1S/C17H18BrNO/c1-11-4-7-14(8-5-11)13(3)19-17(20)15-9-6-12(2)16(18)10-15/h4-10,13H,1-3H3,(H,19,20). The van der Waals surface area contributed by atoms with Gasteiger partial charge in [0, 0.05) is 10.0 Å². The molecular formula is C17H18BrNO. The fraction of sp³-hybridized carbons (Fsp3) is 0.235. The van der Waals surface area contributed by atoms with Crippen LogP contribution in [0, 0.1) is 13.8 Å². The first-order valence-electron chi connectivity index (χ1n) is 6.61. The van der Waals surface area contributed by atoms with Crippen molar-refractivity contribution >= 4 is 21.8 Å². The van der Waals surface area contributed by atoms with Gasteiger partial charge in [-0.05, 0) is 44.0 Å². The summed E-state index contributed by atoms with van der Waals surface area (Å²) in [6.07, 6.45) is 0. The van der Waals surface area contributed by atoms with Gasteiger partial charge in [-0.15, -0.1) is 0 Å². The Morgan fingerprint density at radius 2 is 1.75 bits per heavy atom. The van der Waals surface area contributed by atoms with Crippen molar-refractivity contribution in [1.29, 1.82) is 0 Å². The number of nitrogens with one attached hydrogen (secondary N) is 1. The van der Waals surface area contributed by atoms with Crippen molar-refractivity contribution in [2.45, 2.75) is 26.8 Å². The second kappa shape index (κ2) is 6.23. The molecule has 1 atom stereocenters. The SMILES string of the molecule is Cc1ccc(C(C)NC(=O)c2ccc(C)c(Br)c2)cc1. The van der Waals surface area contributed by atoms with Gasteiger partial charge in [0.05, 0.1) is 6.04 Å². The Hall–Kier alpha value is -1.61. The van der Waals surface area contributed by atoms with E-state index in [0.29, 0.717) is 5.56 Å². The maximum absolute atomic E-state index is 12.2. The zero-order chi connectivity index (χ0) is 14.7. The van der Waals surface area contributed by atoms with Crippen LogP contribution in [0.3, 0.4) is 0 Å². The fourth-order valence-electron chi connectivity index (χ4n) is 1.95. The van der Waals surface area contributed by atoms with Crippen LogP contribution < -0.4 is 5.32 Å². The minimum atomic E-state index is -0.0567. The summed E-state index contributed by atoms with van der Waals surface area (Å²) in [5.41, 5.74) is 4.11. The predicted molar refractivity (Wildman–Crippen MR) is 85.9 cm³/mol. The molecule has 2 rings (SSSR count). The second-order valence-corrected chi connectivity index (χ2v) is 5.92. The number of benzene rings is 2. The van der Waals surface area contributed by atoms with Crippen LogP contribution in [0.15, 0.2) is 46.9 Å². The lowest BCUT2D eigenvalue weighted by Gasteiger charge is -2.15. The molecule has 0 spiro atoms. The van der Waals surface area contributed by atoms with Gasteiger partial charge in [0.25, 0.3) is 5.91 Å². The van der Waals surface area contributed by atoms with Gasteiger partial charge in [0.1, 0.15) is 0 Å². The first-order valence-corrected chi connectivity index (χ1v) is 7.40. The summed E-state index contributed by atoms with van der Waals surface area (Å²) in [5.74, 6) is -0.0567. The third-order valence-electron chi connectivity index (χ3n) is 3.36. The number of amides is 1. The number of aryl methyl sites for hydroxylation is 2. The van der Waals surface area contributed by atoms with Gasteiger partial charge in [-0.2, -0.15) is 0 Å². The number of hydrogen-bond donors (Lipinski definition) is 1. The first kappa shape index (κ1) is 14.8. The quantitative estimate of drug-likeness (QED) is 0.877. The molecule has 0 aliphatic carbocycles. The zero-order valence-electron chi connectivity index (χ0n) is 11.9. The van der Waals surface area contributed by atoms with Crippen molar-refractivity contribution in [3.05, 3.63) is 69.2 Å². The molecule has 1 amide bonds. The summed E-state index contributed by atoms with van der Waals surface area (Å²) in [5, 5.41) is 3.02. The Labute approximate surface area is 128 Å². The average Bonchev–Trinajstić information content (AvgIpc) is 2.42. The number of halogens is 1. The highest BCUT2D eigenvalue weighted by Gasteiger charge is 2.12. The van der Waals surface area contributed by atoms with Crippen molar-refractivity contribution in [2.24, 2.45) is 0 Å². The van der Waals surface area contributed by atoms with Crippen molar-refractivity contribution in [3.8, 4) is 0 Å². The molecule has 104 valence electrons. The number of rotatable bonds is 3. The lowest BCUT2D eigenvalue weighted by molar-refractivity contribution is 0.0940. The van der Waals surface area contributed by atoms with E-state index in [4.69, 9.17) is 0 Å². The van der Waals surface area contributed by atoms with Crippen LogP contribution in [-0.2, 0) is 0 Å². The molecule has 0 saturated heterocycles. The zero-order valence-corrected chi connectivity index (χ0v) is 13.5. The predicted octanol–water partition coefficient (Wildman–Crippen LogP) is 4.56. The van der Waals surface area contributed by atoms with Crippen LogP contribution in [0.2, 0.25) is 0 Å². The van der Waals surface area contributed by atoms with Crippen LogP contribution in [0.5, 0.6) is 0 Å². The van der Waals surface area contributed by atoms with Gasteiger partial charge >= 0.3 is 0 Å². The van der Waals surface area contributed by atoms with E-state index in [1.807, 2.05) is 44.2 Å². The van der Waals surface area contributed by atoms with Gasteiger partial charge in [-0.3, -0.25) is 4.79 Å². The highest BCUT2D eigenvalue weighted by molar-refractivity contribution is 9.10. The molecule has 0 fully saturated rings. The first-order chi connectivity index (χ1) is 9.47. The number of carbonyl (C=O) groups excluding carboxylic acids is 1. The molecule has 0 aromatic heterocycles. The molecule has 2 nitrogen and oxygen atoms in total. The van der Waals surface area contributed by atoms with Crippen molar-refractivity contribution in [1.82, 2.24) is 5.32 Å². The summed E-state index contributed by atoms with van der Waals surface area (Å²) in [6, 6.07) is 13.8. The molecule has 0 saturated carbocycles. The lowest BCUT2D eigenvalue weighted by Crippen LogP contribution is -2.26. The Balaban J connectivity index is 2.10. The van der Waals surface area contributed by atoms with E-state index >= 15 is 0 Å². The number of hydrogen-bond acceptors (Lipinski definition) is 1. The van der Waals surface area contributed by atoms with Gasteiger partial charge in [-0.1, -0.05) is 51.8 Å². The average molecular weight is 332 g/mol. The Bertz CT molecular complexity index is 619. The molecule has 0 aliphatic heterocycles. The second-order valence-electron chi connectivity index (χ2n) is 5.07. The summed E-state index contributed by atoms with van der Waals surface area (Å²) in [7, 11) is 0. The van der Waals surface area contributed by atoms with E-state index < -0.39 is 0 Å². The molecule has 0 aliphatic rings. The minimum Gasteiger partial charge on any atom is -0.346 e. The Morgan fingerprint density at radius 1 is 1.10 bits per heavy atom. The van der Waals surface area contributed by atoms with Gasteiger partial charge in [0.2, 0.25) is 0 Å². The third-order valence-corrected chi connectivity index (χ3v) is 4.21. The van der Waals surface area contributed by atoms with Crippen molar-refractivity contribution in [3.63, 3.8) is 0 Å². The van der Waals surface area contributed by atoms with Crippen LogP contribution in [0.1, 0.15) is 40.0 Å². The van der Waals surface area contributed by atoms with E-state index in [9.17, 15) is 4.79 Å². The normalized spacial score (nSPS) is 12.0. The largest absolute Gasteiger partial charge is 0.346 e. The van der Waals surface area contributed by atoms with E-state index in [1.54, 1.807) is 0 Å². The smallest absolute Gasteiger partial charge is 0.251 e. The highest BCUT2D eigenvalue weighted by atomic mass is 79.9. The van der Waals surface area contributed by atoms with Gasteiger partial charge in [0.15, 0.2) is 0 Å². The van der Waals surface area contributed by atoms with Gasteiger partial charge in [-0.25, -0.2) is 0 Å². The fourth-order valence-corrected chi connectivity index (χ4v) is 2.33. The molecular weight excluding hydrogens is 314 g/mol. The van der Waals surface area contributed by atoms with E-state index in [2.05, 4.69) is 40.3 Å². The molecule has 0 bridgehead atoms. The molecule has 2 aromatic carbocycles. The molecule has 0 heterocycles. The van der Waals surface area contributed by atoms with Crippen LogP contribution in [0.25, 0.3) is 0 Å².